The average Bonchev–Trinajstić information content (AvgIpc) is 3.03. The number of aryl methyl sites for hydroxylation is 2. The first-order valence-electron chi connectivity index (χ1n) is 7.97. The summed E-state index contributed by atoms with van der Waals surface area (Å²) >= 11 is 1.45. The highest BCUT2D eigenvalue weighted by Gasteiger charge is 2.19. The monoisotopic (exact) mass is 386 g/mol. The SMILES string of the molecule is Cc1ccc(CC(=O)NS(=O)(=O)c2cccc(-c3nc(C)cs3)c2)cc1. The Morgan fingerprint density at radius 2 is 1.85 bits per heavy atom. The minimum atomic E-state index is -3.93. The lowest BCUT2D eigenvalue weighted by molar-refractivity contribution is -0.118. The van der Waals surface area contributed by atoms with Crippen molar-refractivity contribution in [1.29, 1.82) is 0 Å². The summed E-state index contributed by atoms with van der Waals surface area (Å²) in [6.45, 7) is 3.83. The summed E-state index contributed by atoms with van der Waals surface area (Å²) in [7, 11) is -3.93. The van der Waals surface area contributed by atoms with Crippen molar-refractivity contribution in [2.45, 2.75) is 25.2 Å². The number of nitrogens with zero attached hydrogens (tertiary/aromatic N) is 1. The Hall–Kier alpha value is -2.51. The first kappa shape index (κ1) is 18.3. The molecule has 0 spiro atoms. The molecule has 0 radical (unpaired) electrons. The van der Waals surface area contributed by atoms with Crippen molar-refractivity contribution < 1.29 is 13.2 Å². The molecule has 1 amide bonds. The van der Waals surface area contributed by atoms with Gasteiger partial charge in [-0.1, -0.05) is 42.0 Å². The Balaban J connectivity index is 1.77. The number of thiazole rings is 1. The first-order chi connectivity index (χ1) is 12.3. The van der Waals surface area contributed by atoms with E-state index in [0.717, 1.165) is 21.8 Å². The van der Waals surface area contributed by atoms with Crippen molar-refractivity contribution in [2.75, 3.05) is 0 Å². The summed E-state index contributed by atoms with van der Waals surface area (Å²) in [6, 6.07) is 13.8. The zero-order chi connectivity index (χ0) is 18.7. The first-order valence-corrected chi connectivity index (χ1v) is 10.3. The third kappa shape index (κ3) is 4.36. The van der Waals surface area contributed by atoms with E-state index < -0.39 is 15.9 Å². The van der Waals surface area contributed by atoms with E-state index in [4.69, 9.17) is 0 Å². The Morgan fingerprint density at radius 3 is 2.50 bits per heavy atom. The normalized spacial score (nSPS) is 11.3. The highest BCUT2D eigenvalue weighted by Crippen LogP contribution is 2.25. The van der Waals surface area contributed by atoms with Crippen molar-refractivity contribution in [2.24, 2.45) is 0 Å². The van der Waals surface area contributed by atoms with Gasteiger partial charge in [-0.25, -0.2) is 18.1 Å². The molecule has 0 unspecified atom stereocenters. The van der Waals surface area contributed by atoms with Crippen LogP contribution < -0.4 is 4.72 Å². The number of hydrogen-bond acceptors (Lipinski definition) is 5. The van der Waals surface area contributed by atoms with Gasteiger partial charge in [-0.15, -0.1) is 11.3 Å². The van der Waals surface area contributed by atoms with Crippen LogP contribution in [0, 0.1) is 13.8 Å². The standard InChI is InChI=1S/C19H18N2O3S2/c1-13-6-8-15(9-7-13)10-18(22)21-26(23,24)17-5-3-4-16(11-17)19-20-14(2)12-25-19/h3-9,11-12H,10H2,1-2H3,(H,21,22). The highest BCUT2D eigenvalue weighted by molar-refractivity contribution is 7.90. The van der Waals surface area contributed by atoms with Gasteiger partial charge in [-0.2, -0.15) is 0 Å². The molecule has 0 bridgehead atoms. The van der Waals surface area contributed by atoms with Crippen molar-refractivity contribution in [3.05, 3.63) is 70.7 Å². The van der Waals surface area contributed by atoms with Gasteiger partial charge >= 0.3 is 0 Å². The van der Waals surface area contributed by atoms with E-state index >= 15 is 0 Å². The number of carbonyl (C=O) groups is 1. The Morgan fingerprint density at radius 1 is 1.12 bits per heavy atom. The van der Waals surface area contributed by atoms with Crippen LogP contribution in [0.25, 0.3) is 10.6 Å². The number of aromatic nitrogens is 1. The van der Waals surface area contributed by atoms with Gasteiger partial charge in [0.15, 0.2) is 0 Å². The molecule has 5 nitrogen and oxygen atoms in total. The number of amides is 1. The minimum Gasteiger partial charge on any atom is -0.274 e. The second-order valence-electron chi connectivity index (χ2n) is 6.01. The van der Waals surface area contributed by atoms with Crippen molar-refractivity contribution in [3.63, 3.8) is 0 Å². The lowest BCUT2D eigenvalue weighted by atomic mass is 10.1. The van der Waals surface area contributed by atoms with Crippen LogP contribution >= 0.6 is 11.3 Å². The zero-order valence-corrected chi connectivity index (χ0v) is 16.0. The van der Waals surface area contributed by atoms with E-state index in [2.05, 4.69) is 9.71 Å². The van der Waals surface area contributed by atoms with Crippen LogP contribution in [-0.4, -0.2) is 19.3 Å². The maximum absolute atomic E-state index is 12.5. The number of rotatable bonds is 5. The van der Waals surface area contributed by atoms with Crippen LogP contribution in [0.2, 0.25) is 0 Å². The number of benzene rings is 2. The summed E-state index contributed by atoms with van der Waals surface area (Å²) in [5, 5.41) is 2.64. The molecular weight excluding hydrogens is 368 g/mol. The molecule has 0 aliphatic heterocycles. The fourth-order valence-electron chi connectivity index (χ4n) is 2.42. The summed E-state index contributed by atoms with van der Waals surface area (Å²) in [4.78, 5) is 16.6. The summed E-state index contributed by atoms with van der Waals surface area (Å²) in [5.74, 6) is -0.565. The third-order valence-electron chi connectivity index (χ3n) is 3.74. The molecule has 0 aliphatic carbocycles. The summed E-state index contributed by atoms with van der Waals surface area (Å²) in [5.41, 5.74) is 3.42. The van der Waals surface area contributed by atoms with Crippen LogP contribution in [-0.2, 0) is 21.2 Å². The highest BCUT2D eigenvalue weighted by atomic mass is 32.2. The molecule has 7 heteroatoms. The fraction of sp³-hybridized carbons (Fsp3) is 0.158. The van der Waals surface area contributed by atoms with E-state index in [0.29, 0.717) is 5.56 Å². The van der Waals surface area contributed by atoms with Crippen LogP contribution in [0.3, 0.4) is 0 Å². The van der Waals surface area contributed by atoms with Crippen LogP contribution in [0.5, 0.6) is 0 Å². The molecule has 1 N–H and O–H groups in total. The number of hydrogen-bond donors (Lipinski definition) is 1. The quantitative estimate of drug-likeness (QED) is 0.728. The van der Waals surface area contributed by atoms with Crippen LogP contribution in [0.4, 0.5) is 0 Å². The van der Waals surface area contributed by atoms with Crippen molar-refractivity contribution in [3.8, 4) is 10.6 Å². The molecule has 0 saturated heterocycles. The molecule has 0 saturated carbocycles. The van der Waals surface area contributed by atoms with E-state index in [1.807, 2.05) is 43.5 Å². The summed E-state index contributed by atoms with van der Waals surface area (Å²) < 4.78 is 27.2. The predicted molar refractivity (Wildman–Crippen MR) is 102 cm³/mol. The number of sulfonamides is 1. The lowest BCUT2D eigenvalue weighted by Gasteiger charge is -2.08. The van der Waals surface area contributed by atoms with Crippen molar-refractivity contribution >= 4 is 27.3 Å². The van der Waals surface area contributed by atoms with Crippen LogP contribution in [0.15, 0.2) is 58.8 Å². The molecule has 1 heterocycles. The van der Waals surface area contributed by atoms with Gasteiger partial charge in [0.25, 0.3) is 10.0 Å². The van der Waals surface area contributed by atoms with Gasteiger partial charge in [-0.05, 0) is 31.5 Å². The minimum absolute atomic E-state index is 0.00484. The second kappa shape index (κ2) is 7.39. The van der Waals surface area contributed by atoms with E-state index in [1.54, 1.807) is 12.1 Å². The molecule has 1 aromatic heterocycles. The number of nitrogens with one attached hydrogen (secondary N) is 1. The molecule has 134 valence electrons. The molecule has 0 fully saturated rings. The number of carbonyl (C=O) groups excluding carboxylic acids is 1. The van der Waals surface area contributed by atoms with E-state index in [1.165, 1.54) is 23.5 Å². The fourth-order valence-corrected chi connectivity index (χ4v) is 4.24. The molecule has 0 atom stereocenters. The molecule has 26 heavy (non-hydrogen) atoms. The molecule has 0 aliphatic rings. The molecule has 3 rings (SSSR count). The topological polar surface area (TPSA) is 76.1 Å². The largest absolute Gasteiger partial charge is 0.274 e. The molecule has 3 aromatic rings. The predicted octanol–water partition coefficient (Wildman–Crippen LogP) is 3.47. The Bertz CT molecular complexity index is 1040. The van der Waals surface area contributed by atoms with Crippen LogP contribution in [0.1, 0.15) is 16.8 Å². The molecular formula is C19H18N2O3S2. The van der Waals surface area contributed by atoms with Gasteiger partial charge in [0.05, 0.1) is 11.3 Å². The summed E-state index contributed by atoms with van der Waals surface area (Å²) in [6.07, 6.45) is 0.00484. The zero-order valence-electron chi connectivity index (χ0n) is 14.4. The van der Waals surface area contributed by atoms with E-state index in [-0.39, 0.29) is 11.3 Å². The Kier molecular flexibility index (Phi) is 5.20. The smallest absolute Gasteiger partial charge is 0.264 e. The van der Waals surface area contributed by atoms with Gasteiger partial charge < -0.3 is 0 Å². The Labute approximate surface area is 156 Å². The van der Waals surface area contributed by atoms with Gasteiger partial charge in [0.2, 0.25) is 5.91 Å². The third-order valence-corrected chi connectivity index (χ3v) is 6.12. The van der Waals surface area contributed by atoms with Gasteiger partial charge in [-0.3, -0.25) is 4.79 Å². The maximum atomic E-state index is 12.5. The van der Waals surface area contributed by atoms with Gasteiger partial charge in [0, 0.05) is 16.6 Å². The molecule has 2 aromatic carbocycles. The lowest BCUT2D eigenvalue weighted by Crippen LogP contribution is -2.31. The van der Waals surface area contributed by atoms with Gasteiger partial charge in [0.1, 0.15) is 5.01 Å². The maximum Gasteiger partial charge on any atom is 0.264 e. The van der Waals surface area contributed by atoms with Crippen molar-refractivity contribution in [1.82, 2.24) is 9.71 Å². The van der Waals surface area contributed by atoms with E-state index in [9.17, 15) is 13.2 Å². The average molecular weight is 386 g/mol. The second-order valence-corrected chi connectivity index (χ2v) is 8.55.